The molecule has 0 saturated carbocycles. The molecule has 0 aliphatic carbocycles. The predicted octanol–water partition coefficient (Wildman–Crippen LogP) is 2.48. The van der Waals surface area contributed by atoms with Crippen LogP contribution < -0.4 is 4.74 Å². The third-order valence-corrected chi connectivity index (χ3v) is 3.02. The Hall–Kier alpha value is -3.15. The summed E-state index contributed by atoms with van der Waals surface area (Å²) in [6, 6.07) is 12.3. The van der Waals surface area contributed by atoms with Crippen molar-refractivity contribution in [2.75, 3.05) is 14.2 Å². The summed E-state index contributed by atoms with van der Waals surface area (Å²) in [6.07, 6.45) is 0. The second-order valence-electron chi connectivity index (χ2n) is 4.45. The first kappa shape index (κ1) is 16.2. The van der Waals surface area contributed by atoms with Crippen LogP contribution >= 0.6 is 0 Å². The molecule has 118 valence electrons. The first-order valence-corrected chi connectivity index (χ1v) is 6.64. The molecule has 0 aliphatic heterocycles. The van der Waals surface area contributed by atoms with E-state index in [1.807, 2.05) is 0 Å². The van der Waals surface area contributed by atoms with Crippen LogP contribution in [0.2, 0.25) is 0 Å². The van der Waals surface area contributed by atoms with E-state index in [0.29, 0.717) is 5.75 Å². The smallest absolute Gasteiger partial charge is 0.344 e. The third kappa shape index (κ3) is 3.74. The molecule has 23 heavy (non-hydrogen) atoms. The summed E-state index contributed by atoms with van der Waals surface area (Å²) in [4.78, 5) is 35.7. The van der Waals surface area contributed by atoms with Crippen molar-refractivity contribution < 1.29 is 28.6 Å². The normalized spacial score (nSPS) is 9.83. The molecular formula is C17H14O6. The zero-order chi connectivity index (χ0) is 16.8. The van der Waals surface area contributed by atoms with Crippen LogP contribution in [0.3, 0.4) is 0 Å². The fourth-order valence-corrected chi connectivity index (χ4v) is 1.90. The monoisotopic (exact) mass is 314 g/mol. The van der Waals surface area contributed by atoms with Gasteiger partial charge in [0.1, 0.15) is 5.75 Å². The Labute approximate surface area is 132 Å². The molecule has 0 aliphatic rings. The molecule has 0 radical (unpaired) electrons. The molecule has 0 bridgehead atoms. The van der Waals surface area contributed by atoms with Crippen LogP contribution in [0.25, 0.3) is 0 Å². The molecule has 0 N–H and O–H groups in total. The number of para-hydroxylation sites is 1. The summed E-state index contributed by atoms with van der Waals surface area (Å²) < 4.78 is 14.5. The Morgan fingerprint density at radius 2 is 1.39 bits per heavy atom. The van der Waals surface area contributed by atoms with Gasteiger partial charge in [0.2, 0.25) is 0 Å². The van der Waals surface area contributed by atoms with Gasteiger partial charge in [0.15, 0.2) is 0 Å². The van der Waals surface area contributed by atoms with E-state index in [9.17, 15) is 14.4 Å². The van der Waals surface area contributed by atoms with Gasteiger partial charge in [-0.25, -0.2) is 14.4 Å². The quantitative estimate of drug-likeness (QED) is 0.637. The second-order valence-corrected chi connectivity index (χ2v) is 4.45. The van der Waals surface area contributed by atoms with Crippen LogP contribution in [0, 0.1) is 0 Å². The molecule has 2 aromatic rings. The van der Waals surface area contributed by atoms with Gasteiger partial charge >= 0.3 is 17.9 Å². The number of esters is 3. The number of ether oxygens (including phenoxy) is 3. The number of rotatable bonds is 4. The van der Waals surface area contributed by atoms with Crippen molar-refractivity contribution in [1.82, 2.24) is 0 Å². The summed E-state index contributed by atoms with van der Waals surface area (Å²) in [7, 11) is 2.42. The lowest BCUT2D eigenvalue weighted by atomic mass is 10.0. The van der Waals surface area contributed by atoms with Crippen LogP contribution in [0.15, 0.2) is 48.5 Å². The average Bonchev–Trinajstić information content (AvgIpc) is 2.60. The van der Waals surface area contributed by atoms with Crippen molar-refractivity contribution >= 4 is 17.9 Å². The van der Waals surface area contributed by atoms with E-state index in [1.165, 1.54) is 32.4 Å². The minimum atomic E-state index is -0.776. The zero-order valence-electron chi connectivity index (χ0n) is 12.6. The molecule has 0 saturated heterocycles. The van der Waals surface area contributed by atoms with E-state index < -0.39 is 17.9 Å². The Balaban J connectivity index is 2.41. The molecule has 0 aromatic heterocycles. The zero-order valence-corrected chi connectivity index (χ0v) is 12.6. The number of carbonyl (C=O) groups is 3. The second kappa shape index (κ2) is 7.22. The maximum Gasteiger partial charge on any atom is 0.344 e. The van der Waals surface area contributed by atoms with E-state index in [0.717, 1.165) is 0 Å². The number of methoxy groups -OCH3 is 2. The largest absolute Gasteiger partial charge is 0.465 e. The third-order valence-electron chi connectivity index (χ3n) is 3.02. The fraction of sp³-hybridized carbons (Fsp3) is 0.118. The van der Waals surface area contributed by atoms with Crippen molar-refractivity contribution in [3.63, 3.8) is 0 Å². The van der Waals surface area contributed by atoms with Crippen LogP contribution in [-0.4, -0.2) is 32.1 Å². The summed E-state index contributed by atoms with van der Waals surface area (Å²) in [5, 5.41) is 0. The number of hydrogen-bond acceptors (Lipinski definition) is 6. The first-order chi connectivity index (χ1) is 11.1. The number of hydrogen-bond donors (Lipinski definition) is 0. The maximum absolute atomic E-state index is 12.3. The van der Waals surface area contributed by atoms with Gasteiger partial charge in [0.05, 0.1) is 30.9 Å². The summed E-state index contributed by atoms with van der Waals surface area (Å²) in [6.45, 7) is 0. The van der Waals surface area contributed by atoms with Crippen LogP contribution in [-0.2, 0) is 9.47 Å². The molecule has 6 heteroatoms. The van der Waals surface area contributed by atoms with E-state index in [4.69, 9.17) is 4.74 Å². The lowest BCUT2D eigenvalue weighted by molar-refractivity contribution is 0.0579. The van der Waals surface area contributed by atoms with E-state index in [1.54, 1.807) is 30.3 Å². The Morgan fingerprint density at radius 1 is 0.739 bits per heavy atom. The van der Waals surface area contributed by atoms with E-state index >= 15 is 0 Å². The molecule has 0 unspecified atom stereocenters. The predicted molar refractivity (Wildman–Crippen MR) is 80.5 cm³/mol. The molecule has 0 heterocycles. The van der Waals surface area contributed by atoms with Gasteiger partial charge in [0.25, 0.3) is 0 Å². The molecular weight excluding hydrogens is 300 g/mol. The molecule has 0 atom stereocenters. The highest BCUT2D eigenvalue weighted by atomic mass is 16.5. The van der Waals surface area contributed by atoms with Gasteiger partial charge in [-0.3, -0.25) is 0 Å². The highest BCUT2D eigenvalue weighted by molar-refractivity contribution is 6.05. The maximum atomic E-state index is 12.3. The summed E-state index contributed by atoms with van der Waals surface area (Å²) in [5.41, 5.74) is 0.0462. The minimum Gasteiger partial charge on any atom is -0.465 e. The number of benzene rings is 2. The molecule has 6 nitrogen and oxygen atoms in total. The van der Waals surface area contributed by atoms with E-state index in [-0.39, 0.29) is 16.7 Å². The van der Waals surface area contributed by atoms with Crippen LogP contribution in [0.4, 0.5) is 0 Å². The molecule has 0 amide bonds. The van der Waals surface area contributed by atoms with E-state index in [2.05, 4.69) is 9.47 Å². The Morgan fingerprint density at radius 3 is 2.00 bits per heavy atom. The highest BCUT2D eigenvalue weighted by Crippen LogP contribution is 2.18. The van der Waals surface area contributed by atoms with Crippen molar-refractivity contribution in [1.29, 1.82) is 0 Å². The van der Waals surface area contributed by atoms with Crippen molar-refractivity contribution in [2.24, 2.45) is 0 Å². The standard InChI is InChI=1S/C17H14O6/c1-21-15(18)11-8-9-13(16(19)22-2)14(10-11)17(20)23-12-6-4-3-5-7-12/h3-10H,1-2H3. The van der Waals surface area contributed by atoms with Crippen LogP contribution in [0.1, 0.15) is 31.1 Å². The fourth-order valence-electron chi connectivity index (χ4n) is 1.90. The van der Waals surface area contributed by atoms with Gasteiger partial charge in [-0.15, -0.1) is 0 Å². The molecule has 0 spiro atoms. The Bertz CT molecular complexity index is 736. The average molecular weight is 314 g/mol. The van der Waals surface area contributed by atoms with Gasteiger partial charge in [0, 0.05) is 0 Å². The van der Waals surface area contributed by atoms with Gasteiger partial charge in [-0.05, 0) is 30.3 Å². The summed E-state index contributed by atoms with van der Waals surface area (Å²) >= 11 is 0. The van der Waals surface area contributed by atoms with Crippen molar-refractivity contribution in [2.45, 2.75) is 0 Å². The van der Waals surface area contributed by atoms with Crippen molar-refractivity contribution in [3.8, 4) is 5.75 Å². The lowest BCUT2D eigenvalue weighted by Gasteiger charge is -2.09. The van der Waals surface area contributed by atoms with Crippen molar-refractivity contribution in [3.05, 3.63) is 65.2 Å². The number of carbonyl (C=O) groups excluding carboxylic acids is 3. The highest BCUT2D eigenvalue weighted by Gasteiger charge is 2.22. The minimum absolute atomic E-state index is 0.00100. The lowest BCUT2D eigenvalue weighted by Crippen LogP contribution is -2.16. The van der Waals surface area contributed by atoms with Crippen LogP contribution in [0.5, 0.6) is 5.75 Å². The molecule has 2 rings (SSSR count). The summed E-state index contributed by atoms with van der Waals surface area (Å²) in [5.74, 6) is -1.80. The van der Waals surface area contributed by atoms with Gasteiger partial charge < -0.3 is 14.2 Å². The Kier molecular flexibility index (Phi) is 5.09. The first-order valence-electron chi connectivity index (χ1n) is 6.64. The van der Waals surface area contributed by atoms with Gasteiger partial charge in [-0.1, -0.05) is 18.2 Å². The SMILES string of the molecule is COC(=O)c1ccc(C(=O)OC)c(C(=O)Oc2ccccc2)c1. The topological polar surface area (TPSA) is 78.9 Å². The molecule has 2 aromatic carbocycles. The molecule has 0 fully saturated rings. The van der Waals surface area contributed by atoms with Gasteiger partial charge in [-0.2, -0.15) is 0 Å².